The molecule has 0 unspecified atom stereocenters. The van der Waals surface area contributed by atoms with Crippen molar-refractivity contribution in [2.75, 3.05) is 0 Å². The molecule has 1 heterocycles. The highest BCUT2D eigenvalue weighted by molar-refractivity contribution is 7.58. The zero-order valence-electron chi connectivity index (χ0n) is 11.6. The van der Waals surface area contributed by atoms with E-state index in [2.05, 4.69) is 40.3 Å². The van der Waals surface area contributed by atoms with Gasteiger partial charge in [0.05, 0.1) is 0 Å². The van der Waals surface area contributed by atoms with E-state index in [0.29, 0.717) is 0 Å². The lowest BCUT2D eigenvalue weighted by atomic mass is 9.99. The third-order valence-corrected chi connectivity index (χ3v) is 8.26. The SMILES string of the molecule is BN(C1[C@H](C)CC[C@H]1C)P1[C@H](C)CC[C@H]1C. The van der Waals surface area contributed by atoms with Crippen LogP contribution in [0.15, 0.2) is 0 Å². The Morgan fingerprint density at radius 3 is 1.75 bits per heavy atom. The number of hydrogen-bond acceptors (Lipinski definition) is 1. The third-order valence-electron chi connectivity index (χ3n) is 4.94. The van der Waals surface area contributed by atoms with Crippen LogP contribution in [0.2, 0.25) is 0 Å². The summed E-state index contributed by atoms with van der Waals surface area (Å²) in [6.07, 6.45) is 5.82. The monoisotopic (exact) mass is 239 g/mol. The summed E-state index contributed by atoms with van der Waals surface area (Å²) in [6, 6.07) is 0.870. The maximum absolute atomic E-state index is 2.82. The summed E-state index contributed by atoms with van der Waals surface area (Å²) in [5.41, 5.74) is 1.94. The second-order valence-corrected chi connectivity index (χ2v) is 9.41. The summed E-state index contributed by atoms with van der Waals surface area (Å²) >= 11 is 0. The highest BCUT2D eigenvalue weighted by Gasteiger charge is 2.40. The molecule has 1 nitrogen and oxygen atoms in total. The summed E-state index contributed by atoms with van der Waals surface area (Å²) in [5.74, 6) is 1.84. The van der Waals surface area contributed by atoms with Crippen LogP contribution in [0.4, 0.5) is 0 Å². The number of hydrogen-bond donors (Lipinski definition) is 0. The molecule has 1 aliphatic heterocycles. The van der Waals surface area contributed by atoms with E-state index in [4.69, 9.17) is 0 Å². The molecule has 1 saturated carbocycles. The Labute approximate surface area is 104 Å². The van der Waals surface area contributed by atoms with Gasteiger partial charge in [-0.2, -0.15) is 0 Å². The summed E-state index contributed by atoms with van der Waals surface area (Å²) in [6.45, 7) is 9.89. The smallest absolute Gasteiger partial charge is 0.190 e. The van der Waals surface area contributed by atoms with Crippen LogP contribution in [-0.4, -0.2) is 29.9 Å². The Balaban J connectivity index is 2.08. The molecular weight excluding hydrogens is 212 g/mol. The maximum Gasteiger partial charge on any atom is 0.190 e. The first kappa shape index (κ1) is 12.9. The summed E-state index contributed by atoms with van der Waals surface area (Å²) < 4.78 is 2.82. The highest BCUT2D eigenvalue weighted by Crippen LogP contribution is 2.59. The van der Waals surface area contributed by atoms with E-state index in [9.17, 15) is 0 Å². The van der Waals surface area contributed by atoms with Gasteiger partial charge in [-0.15, -0.1) is 0 Å². The average molecular weight is 239 g/mol. The fraction of sp³-hybridized carbons (Fsp3) is 1.00. The normalized spacial score (nSPS) is 42.3. The van der Waals surface area contributed by atoms with Crippen LogP contribution >= 0.6 is 8.07 Å². The molecule has 1 aliphatic carbocycles. The Kier molecular flexibility index (Phi) is 4.02. The van der Waals surface area contributed by atoms with Crippen molar-refractivity contribution in [3.63, 3.8) is 0 Å². The fourth-order valence-corrected chi connectivity index (χ4v) is 7.82. The van der Waals surface area contributed by atoms with Crippen molar-refractivity contribution in [3.8, 4) is 0 Å². The van der Waals surface area contributed by atoms with E-state index in [0.717, 1.165) is 29.2 Å². The molecule has 0 spiro atoms. The summed E-state index contributed by atoms with van der Waals surface area (Å²) in [7, 11) is 2.56. The summed E-state index contributed by atoms with van der Waals surface area (Å²) in [4.78, 5) is 0. The van der Waals surface area contributed by atoms with Crippen LogP contribution in [0.5, 0.6) is 0 Å². The van der Waals surface area contributed by atoms with Gasteiger partial charge >= 0.3 is 0 Å². The zero-order chi connectivity index (χ0) is 11.9. The standard InChI is InChI=1S/C13H27BNP/c1-9-5-6-10(2)13(9)15(14)16-11(3)7-8-12(16)4/h9-13H,5-8,14H2,1-4H3/t9-,10-,11-,12-/m1/s1. The lowest BCUT2D eigenvalue weighted by molar-refractivity contribution is 0.336. The lowest BCUT2D eigenvalue weighted by Gasteiger charge is -2.40. The van der Waals surface area contributed by atoms with Crippen molar-refractivity contribution < 1.29 is 0 Å². The van der Waals surface area contributed by atoms with E-state index in [1.165, 1.54) is 25.7 Å². The molecule has 0 aromatic carbocycles. The Morgan fingerprint density at radius 1 is 0.875 bits per heavy atom. The first-order valence-corrected chi connectivity index (χ1v) is 8.46. The molecule has 0 aromatic heterocycles. The second-order valence-electron chi connectivity index (χ2n) is 6.25. The van der Waals surface area contributed by atoms with Gasteiger partial charge in [0.15, 0.2) is 7.98 Å². The predicted molar refractivity (Wildman–Crippen MR) is 76.8 cm³/mol. The average Bonchev–Trinajstić information content (AvgIpc) is 2.71. The molecule has 92 valence electrons. The van der Waals surface area contributed by atoms with Gasteiger partial charge in [0, 0.05) is 6.04 Å². The minimum absolute atomic E-state index is 0.140. The second kappa shape index (κ2) is 4.98. The van der Waals surface area contributed by atoms with Gasteiger partial charge in [-0.3, -0.25) is 0 Å². The third kappa shape index (κ3) is 2.20. The largest absolute Gasteiger partial charge is 0.325 e. The van der Waals surface area contributed by atoms with Gasteiger partial charge in [0.25, 0.3) is 0 Å². The quantitative estimate of drug-likeness (QED) is 0.528. The lowest BCUT2D eigenvalue weighted by Crippen LogP contribution is -2.37. The van der Waals surface area contributed by atoms with Crippen molar-refractivity contribution in [1.29, 1.82) is 0 Å². The Bertz CT molecular complexity index is 204. The van der Waals surface area contributed by atoms with Crippen LogP contribution in [0.1, 0.15) is 53.4 Å². The molecule has 0 N–H and O–H groups in total. The van der Waals surface area contributed by atoms with E-state index in [-0.39, 0.29) is 8.07 Å². The van der Waals surface area contributed by atoms with Crippen LogP contribution in [0.3, 0.4) is 0 Å². The van der Waals surface area contributed by atoms with Crippen LogP contribution in [-0.2, 0) is 0 Å². The molecule has 0 amide bonds. The molecular formula is C13H27BNP. The van der Waals surface area contributed by atoms with E-state index >= 15 is 0 Å². The highest BCUT2D eigenvalue weighted by atomic mass is 31.1. The molecule has 2 rings (SSSR count). The molecule has 16 heavy (non-hydrogen) atoms. The Morgan fingerprint density at radius 2 is 1.31 bits per heavy atom. The fourth-order valence-electron chi connectivity index (χ4n) is 4.12. The Hall–Kier alpha value is 0.455. The first-order valence-electron chi connectivity index (χ1n) is 7.03. The van der Waals surface area contributed by atoms with E-state index < -0.39 is 0 Å². The van der Waals surface area contributed by atoms with Gasteiger partial charge in [-0.05, 0) is 56.9 Å². The molecule has 1 saturated heterocycles. The van der Waals surface area contributed by atoms with Gasteiger partial charge in [-0.25, -0.2) is 0 Å². The first-order chi connectivity index (χ1) is 7.52. The van der Waals surface area contributed by atoms with Crippen LogP contribution in [0, 0.1) is 11.8 Å². The summed E-state index contributed by atoms with van der Waals surface area (Å²) in [5, 5.41) is 0. The van der Waals surface area contributed by atoms with Crippen molar-refractivity contribution >= 4 is 16.1 Å². The molecule has 0 aromatic rings. The predicted octanol–water partition coefficient (Wildman–Crippen LogP) is 3.24. The minimum atomic E-state index is 0.140. The molecule has 0 radical (unpaired) electrons. The van der Waals surface area contributed by atoms with E-state index in [1.54, 1.807) is 0 Å². The number of rotatable bonds is 2. The minimum Gasteiger partial charge on any atom is -0.325 e. The molecule has 0 bridgehead atoms. The van der Waals surface area contributed by atoms with Gasteiger partial charge in [0.1, 0.15) is 0 Å². The van der Waals surface area contributed by atoms with Crippen molar-refractivity contribution in [3.05, 3.63) is 0 Å². The maximum atomic E-state index is 2.82. The van der Waals surface area contributed by atoms with Crippen molar-refractivity contribution in [2.45, 2.75) is 70.7 Å². The molecule has 3 heteroatoms. The molecule has 2 fully saturated rings. The number of nitrogens with zero attached hydrogens (tertiary/aromatic N) is 1. The molecule has 2 aliphatic rings. The van der Waals surface area contributed by atoms with Crippen molar-refractivity contribution in [2.24, 2.45) is 11.8 Å². The van der Waals surface area contributed by atoms with Crippen LogP contribution < -0.4 is 0 Å². The van der Waals surface area contributed by atoms with E-state index in [1.807, 2.05) is 0 Å². The van der Waals surface area contributed by atoms with Crippen LogP contribution in [0.25, 0.3) is 0 Å². The van der Waals surface area contributed by atoms with Crippen molar-refractivity contribution in [1.82, 2.24) is 4.58 Å². The van der Waals surface area contributed by atoms with Gasteiger partial charge in [0.2, 0.25) is 0 Å². The topological polar surface area (TPSA) is 3.24 Å². The zero-order valence-corrected chi connectivity index (χ0v) is 12.5. The van der Waals surface area contributed by atoms with Gasteiger partial charge in [-0.1, -0.05) is 27.7 Å². The van der Waals surface area contributed by atoms with Gasteiger partial charge < -0.3 is 4.58 Å². The molecule has 4 atom stereocenters.